The molecule has 0 bridgehead atoms. The highest BCUT2D eigenvalue weighted by molar-refractivity contribution is 14.1. The van der Waals surface area contributed by atoms with Crippen LogP contribution in [-0.4, -0.2) is 22.2 Å². The van der Waals surface area contributed by atoms with E-state index >= 15 is 0 Å². The lowest BCUT2D eigenvalue weighted by Crippen LogP contribution is -2.16. The molecule has 0 aliphatic rings. The van der Waals surface area contributed by atoms with Crippen LogP contribution in [0.25, 0.3) is 11.0 Å². The van der Waals surface area contributed by atoms with Crippen molar-refractivity contribution < 1.29 is 19.2 Å². The molecule has 10 heteroatoms. The van der Waals surface area contributed by atoms with E-state index < -0.39 is 10.8 Å². The number of fused-ring (bicyclic) bond motifs is 1. The van der Waals surface area contributed by atoms with Crippen molar-refractivity contribution in [2.75, 3.05) is 0 Å². The number of nitro groups is 1. The SMILES string of the molecule is O=C(N/N=C/c1cc(Br)cc(I)c1O)c1cc2cc([N+](=O)[O-])ccc2o1. The van der Waals surface area contributed by atoms with Gasteiger partial charge < -0.3 is 9.52 Å². The van der Waals surface area contributed by atoms with E-state index in [1.165, 1.54) is 30.5 Å². The third kappa shape index (κ3) is 3.85. The van der Waals surface area contributed by atoms with E-state index in [4.69, 9.17) is 4.42 Å². The first kappa shape index (κ1) is 18.3. The van der Waals surface area contributed by atoms with E-state index in [1.54, 1.807) is 12.1 Å². The van der Waals surface area contributed by atoms with Crippen LogP contribution in [0.5, 0.6) is 5.75 Å². The summed E-state index contributed by atoms with van der Waals surface area (Å²) in [5.74, 6) is -0.613. The standard InChI is InChI=1S/C16H9BrIN3O5/c17-10-3-9(15(22)12(18)6-10)7-19-20-16(23)14-5-8-4-11(21(24)25)1-2-13(8)26-14/h1-7,22H,(H,20,23)/b19-7+. The summed E-state index contributed by atoms with van der Waals surface area (Å²) >= 11 is 5.29. The molecule has 3 aromatic rings. The van der Waals surface area contributed by atoms with Crippen molar-refractivity contribution in [3.8, 4) is 5.75 Å². The lowest BCUT2D eigenvalue weighted by Gasteiger charge is -2.02. The second-order valence-corrected chi connectivity index (χ2v) is 7.19. The number of nitrogens with one attached hydrogen (secondary N) is 1. The zero-order valence-electron chi connectivity index (χ0n) is 12.8. The highest BCUT2D eigenvalue weighted by atomic mass is 127. The van der Waals surface area contributed by atoms with E-state index in [1.807, 2.05) is 22.6 Å². The lowest BCUT2D eigenvalue weighted by atomic mass is 10.2. The third-order valence-corrected chi connectivity index (χ3v) is 4.64. The molecule has 1 aromatic heterocycles. The fraction of sp³-hybridized carbons (Fsp3) is 0. The van der Waals surface area contributed by atoms with Gasteiger partial charge in [-0.3, -0.25) is 14.9 Å². The minimum atomic E-state index is -0.621. The van der Waals surface area contributed by atoms with Crippen LogP contribution in [0.15, 0.2) is 50.4 Å². The van der Waals surface area contributed by atoms with Crippen LogP contribution < -0.4 is 5.43 Å². The molecule has 0 aliphatic carbocycles. The topological polar surface area (TPSA) is 118 Å². The van der Waals surface area contributed by atoms with Gasteiger partial charge in [-0.25, -0.2) is 5.43 Å². The number of halogens is 2. The molecule has 0 saturated heterocycles. The zero-order valence-corrected chi connectivity index (χ0v) is 16.5. The molecule has 3 rings (SSSR count). The first-order valence-electron chi connectivity index (χ1n) is 7.04. The summed E-state index contributed by atoms with van der Waals surface area (Å²) < 4.78 is 6.75. The van der Waals surface area contributed by atoms with Crippen molar-refractivity contribution in [1.29, 1.82) is 0 Å². The molecule has 2 N–H and O–H groups in total. The molecule has 0 aliphatic heterocycles. The number of aromatic hydroxyl groups is 1. The number of non-ortho nitro benzene ring substituents is 1. The van der Waals surface area contributed by atoms with Gasteiger partial charge in [-0.2, -0.15) is 5.10 Å². The van der Waals surface area contributed by atoms with E-state index in [-0.39, 0.29) is 17.2 Å². The van der Waals surface area contributed by atoms with E-state index in [0.717, 1.165) is 4.47 Å². The number of hydrazone groups is 1. The van der Waals surface area contributed by atoms with Gasteiger partial charge in [0.15, 0.2) is 5.76 Å². The number of nitro benzene ring substituents is 1. The Balaban J connectivity index is 1.78. The number of furan rings is 1. The molecule has 0 atom stereocenters. The van der Waals surface area contributed by atoms with Crippen LogP contribution in [0.2, 0.25) is 0 Å². The summed E-state index contributed by atoms with van der Waals surface area (Å²) in [6, 6.07) is 8.82. The van der Waals surface area contributed by atoms with Crippen molar-refractivity contribution in [1.82, 2.24) is 5.43 Å². The monoisotopic (exact) mass is 529 g/mol. The molecule has 26 heavy (non-hydrogen) atoms. The van der Waals surface area contributed by atoms with Crippen molar-refractivity contribution >= 4 is 67.3 Å². The van der Waals surface area contributed by atoms with Gasteiger partial charge >= 0.3 is 5.91 Å². The van der Waals surface area contributed by atoms with E-state index in [0.29, 0.717) is 20.1 Å². The fourth-order valence-electron chi connectivity index (χ4n) is 2.16. The predicted octanol–water partition coefficient (Wildman–Crippen LogP) is 4.18. The maximum absolute atomic E-state index is 12.1. The number of hydrogen-bond acceptors (Lipinski definition) is 6. The molecular formula is C16H9BrIN3O5. The minimum absolute atomic E-state index is 0.0364. The molecule has 0 saturated carbocycles. The molecule has 0 fully saturated rings. The number of amides is 1. The van der Waals surface area contributed by atoms with Crippen LogP contribution in [0, 0.1) is 13.7 Å². The highest BCUT2D eigenvalue weighted by Crippen LogP contribution is 2.27. The Hall–Kier alpha value is -2.47. The van der Waals surface area contributed by atoms with Crippen LogP contribution in [0.1, 0.15) is 16.1 Å². The van der Waals surface area contributed by atoms with Crippen molar-refractivity contribution in [3.05, 3.63) is 65.9 Å². The molecule has 0 radical (unpaired) electrons. The van der Waals surface area contributed by atoms with Gasteiger partial charge in [-0.1, -0.05) is 15.9 Å². The maximum Gasteiger partial charge on any atom is 0.307 e. The quantitative estimate of drug-likeness (QED) is 0.227. The average Bonchev–Trinajstić information content (AvgIpc) is 3.02. The largest absolute Gasteiger partial charge is 0.506 e. The molecule has 8 nitrogen and oxygen atoms in total. The second-order valence-electron chi connectivity index (χ2n) is 5.11. The first-order chi connectivity index (χ1) is 12.3. The minimum Gasteiger partial charge on any atom is -0.506 e. The van der Waals surface area contributed by atoms with Gasteiger partial charge in [0.05, 0.1) is 14.7 Å². The lowest BCUT2D eigenvalue weighted by molar-refractivity contribution is -0.384. The number of phenolic OH excluding ortho intramolecular Hbond substituents is 1. The van der Waals surface area contributed by atoms with E-state index in [9.17, 15) is 20.0 Å². The highest BCUT2D eigenvalue weighted by Gasteiger charge is 2.14. The molecule has 0 spiro atoms. The Morgan fingerprint density at radius 1 is 1.35 bits per heavy atom. The Bertz CT molecular complexity index is 1060. The summed E-state index contributed by atoms with van der Waals surface area (Å²) in [4.78, 5) is 22.4. The summed E-state index contributed by atoms with van der Waals surface area (Å²) in [6.45, 7) is 0. The van der Waals surface area contributed by atoms with Gasteiger partial charge in [0.25, 0.3) is 5.69 Å². The Morgan fingerprint density at radius 2 is 2.12 bits per heavy atom. The Kier molecular flexibility index (Phi) is 5.23. The zero-order chi connectivity index (χ0) is 18.8. The van der Waals surface area contributed by atoms with Gasteiger partial charge in [-0.15, -0.1) is 0 Å². The first-order valence-corrected chi connectivity index (χ1v) is 8.92. The predicted molar refractivity (Wildman–Crippen MR) is 106 cm³/mol. The summed E-state index contributed by atoms with van der Waals surface area (Å²) in [6.07, 6.45) is 1.30. The second kappa shape index (κ2) is 7.41. The molecule has 1 heterocycles. The van der Waals surface area contributed by atoms with Crippen LogP contribution >= 0.6 is 38.5 Å². The normalized spacial score (nSPS) is 11.2. The number of carbonyl (C=O) groups excluding carboxylic acids is 1. The smallest absolute Gasteiger partial charge is 0.307 e. The Morgan fingerprint density at radius 3 is 2.85 bits per heavy atom. The summed E-state index contributed by atoms with van der Waals surface area (Å²) in [7, 11) is 0. The van der Waals surface area contributed by atoms with Crippen molar-refractivity contribution in [2.45, 2.75) is 0 Å². The summed E-state index contributed by atoms with van der Waals surface area (Å²) in [5, 5.41) is 25.0. The molecule has 132 valence electrons. The number of benzene rings is 2. The third-order valence-electron chi connectivity index (χ3n) is 3.36. The molecule has 1 amide bonds. The fourth-order valence-corrected chi connectivity index (χ4v) is 3.71. The molecule has 2 aromatic carbocycles. The van der Waals surface area contributed by atoms with Crippen LogP contribution in [0.4, 0.5) is 5.69 Å². The maximum atomic E-state index is 12.1. The van der Waals surface area contributed by atoms with Crippen molar-refractivity contribution in [3.63, 3.8) is 0 Å². The van der Waals surface area contributed by atoms with Crippen LogP contribution in [-0.2, 0) is 0 Å². The van der Waals surface area contributed by atoms with Crippen LogP contribution in [0.3, 0.4) is 0 Å². The van der Waals surface area contributed by atoms with Gasteiger partial charge in [0.2, 0.25) is 0 Å². The van der Waals surface area contributed by atoms with Crippen molar-refractivity contribution in [2.24, 2.45) is 5.10 Å². The van der Waals surface area contributed by atoms with Gasteiger partial charge in [-0.05, 0) is 46.9 Å². The van der Waals surface area contributed by atoms with Gasteiger partial charge in [0.1, 0.15) is 11.3 Å². The number of hydrogen-bond donors (Lipinski definition) is 2. The Labute approximate surface area is 168 Å². The molecule has 0 unspecified atom stereocenters. The number of rotatable bonds is 4. The van der Waals surface area contributed by atoms with E-state index in [2.05, 4.69) is 26.5 Å². The number of phenols is 1. The summed E-state index contributed by atoms with van der Waals surface area (Å²) in [5.41, 5.74) is 2.96. The molecular weight excluding hydrogens is 521 g/mol. The average molecular weight is 530 g/mol. The van der Waals surface area contributed by atoms with Gasteiger partial charge in [0, 0.05) is 27.6 Å². The number of carbonyl (C=O) groups is 1. The number of nitrogens with zero attached hydrogens (tertiary/aromatic N) is 2.